The largest absolute Gasteiger partial charge is 0.453 e. The fourth-order valence-electron chi connectivity index (χ4n) is 3.43. The van der Waals surface area contributed by atoms with Crippen molar-refractivity contribution in [3.8, 4) is 0 Å². The van der Waals surface area contributed by atoms with Crippen LogP contribution in [0.15, 0.2) is 24.3 Å². The molecule has 3 rings (SSSR count). The normalized spacial score (nSPS) is 20.6. The highest BCUT2D eigenvalue weighted by molar-refractivity contribution is 5.71. The molecular formula is C14H17NO2. The molecule has 1 aliphatic carbocycles. The molecule has 0 aromatic heterocycles. The summed E-state index contributed by atoms with van der Waals surface area (Å²) in [5.74, 6) is 0. The lowest BCUT2D eigenvalue weighted by Gasteiger charge is -2.34. The van der Waals surface area contributed by atoms with Gasteiger partial charge >= 0.3 is 6.09 Å². The molecule has 0 bridgehead atoms. The van der Waals surface area contributed by atoms with Crippen molar-refractivity contribution in [1.82, 2.24) is 4.90 Å². The van der Waals surface area contributed by atoms with Crippen molar-refractivity contribution in [3.05, 3.63) is 35.4 Å². The van der Waals surface area contributed by atoms with E-state index < -0.39 is 0 Å². The highest BCUT2D eigenvalue weighted by atomic mass is 16.5. The zero-order chi connectivity index (χ0) is 11.9. The first-order chi connectivity index (χ1) is 8.28. The molecule has 3 nitrogen and oxygen atoms in total. The Kier molecular flexibility index (Phi) is 2.35. The lowest BCUT2D eigenvalue weighted by atomic mass is 9.88. The van der Waals surface area contributed by atoms with Gasteiger partial charge in [0.25, 0.3) is 0 Å². The molecule has 1 fully saturated rings. The summed E-state index contributed by atoms with van der Waals surface area (Å²) < 4.78 is 4.94. The van der Waals surface area contributed by atoms with Gasteiger partial charge in [-0.05, 0) is 24.0 Å². The van der Waals surface area contributed by atoms with Gasteiger partial charge in [-0.25, -0.2) is 4.79 Å². The molecule has 1 heterocycles. The predicted molar refractivity (Wildman–Crippen MR) is 64.5 cm³/mol. The summed E-state index contributed by atoms with van der Waals surface area (Å²) in [7, 11) is 1.47. The smallest absolute Gasteiger partial charge is 0.410 e. The van der Waals surface area contributed by atoms with Gasteiger partial charge in [0.05, 0.1) is 19.2 Å². The molecule has 1 aromatic carbocycles. The Bertz CT molecular complexity index is 449. The number of carbonyl (C=O) groups is 1. The summed E-state index contributed by atoms with van der Waals surface area (Å²) in [6, 6.07) is 8.41. The van der Waals surface area contributed by atoms with Gasteiger partial charge in [0.1, 0.15) is 0 Å². The van der Waals surface area contributed by atoms with Crippen molar-refractivity contribution >= 4 is 6.09 Å². The molecule has 90 valence electrons. The van der Waals surface area contributed by atoms with Crippen LogP contribution in [0.4, 0.5) is 4.79 Å². The van der Waals surface area contributed by atoms with Crippen LogP contribution in [0.1, 0.15) is 36.8 Å². The molecule has 1 aliphatic heterocycles. The second-order valence-corrected chi connectivity index (χ2v) is 4.95. The molecule has 1 saturated carbocycles. The molecule has 17 heavy (non-hydrogen) atoms. The zero-order valence-electron chi connectivity index (χ0n) is 10.1. The molecule has 0 unspecified atom stereocenters. The first kappa shape index (κ1) is 10.6. The topological polar surface area (TPSA) is 29.5 Å². The number of nitrogens with zero attached hydrogens (tertiary/aromatic N) is 1. The van der Waals surface area contributed by atoms with Crippen LogP contribution in [-0.4, -0.2) is 18.1 Å². The molecule has 1 spiro atoms. The Hall–Kier alpha value is -1.51. The van der Waals surface area contributed by atoms with Crippen LogP contribution >= 0.6 is 0 Å². The summed E-state index contributed by atoms with van der Waals surface area (Å²) in [4.78, 5) is 13.9. The fourth-order valence-corrected chi connectivity index (χ4v) is 3.43. The quantitative estimate of drug-likeness (QED) is 0.687. The zero-order valence-corrected chi connectivity index (χ0v) is 10.1. The average molecular weight is 231 g/mol. The van der Waals surface area contributed by atoms with Crippen molar-refractivity contribution in [2.24, 2.45) is 0 Å². The maximum absolute atomic E-state index is 11.9. The molecule has 1 aromatic rings. The van der Waals surface area contributed by atoms with Gasteiger partial charge in [-0.15, -0.1) is 0 Å². The molecule has 0 saturated heterocycles. The Balaban J connectivity index is 2.08. The van der Waals surface area contributed by atoms with E-state index in [9.17, 15) is 4.79 Å². The van der Waals surface area contributed by atoms with Crippen LogP contribution in [-0.2, 0) is 16.8 Å². The Morgan fingerprint density at radius 2 is 2.00 bits per heavy atom. The van der Waals surface area contributed by atoms with Crippen LogP contribution in [0, 0.1) is 0 Å². The van der Waals surface area contributed by atoms with Gasteiger partial charge in [-0.2, -0.15) is 0 Å². The van der Waals surface area contributed by atoms with E-state index in [1.165, 1.54) is 31.1 Å². The Morgan fingerprint density at radius 1 is 1.29 bits per heavy atom. The van der Waals surface area contributed by atoms with Gasteiger partial charge < -0.3 is 4.74 Å². The molecule has 3 heteroatoms. The lowest BCUT2D eigenvalue weighted by molar-refractivity contribution is 0.0700. The van der Waals surface area contributed by atoms with Gasteiger partial charge in [0.2, 0.25) is 0 Å². The lowest BCUT2D eigenvalue weighted by Crippen LogP contribution is -2.42. The second kappa shape index (κ2) is 3.76. The average Bonchev–Trinajstić information content (AvgIpc) is 2.97. The van der Waals surface area contributed by atoms with E-state index in [0.29, 0.717) is 6.54 Å². The summed E-state index contributed by atoms with van der Waals surface area (Å²) in [5, 5.41) is 0. The molecule has 0 atom stereocenters. The number of ether oxygens (including phenoxy) is 1. The van der Waals surface area contributed by atoms with E-state index in [-0.39, 0.29) is 11.6 Å². The van der Waals surface area contributed by atoms with E-state index in [1.54, 1.807) is 0 Å². The first-order valence-corrected chi connectivity index (χ1v) is 6.22. The van der Waals surface area contributed by atoms with E-state index in [4.69, 9.17) is 4.74 Å². The van der Waals surface area contributed by atoms with E-state index in [1.807, 2.05) is 11.0 Å². The number of hydrogen-bond acceptors (Lipinski definition) is 2. The molecule has 0 N–H and O–H groups in total. The second-order valence-electron chi connectivity index (χ2n) is 4.95. The fraction of sp³-hybridized carbons (Fsp3) is 0.500. The number of amides is 1. The maximum Gasteiger partial charge on any atom is 0.410 e. The van der Waals surface area contributed by atoms with Gasteiger partial charge in [-0.3, -0.25) is 4.90 Å². The number of benzene rings is 1. The number of carbonyl (C=O) groups excluding carboxylic acids is 1. The monoisotopic (exact) mass is 231 g/mol. The van der Waals surface area contributed by atoms with Crippen LogP contribution in [0.25, 0.3) is 0 Å². The SMILES string of the molecule is COC(=O)N1Cc2ccccc2C12CCCC2. The number of hydrogen-bond donors (Lipinski definition) is 0. The first-order valence-electron chi connectivity index (χ1n) is 6.22. The highest BCUT2D eigenvalue weighted by Crippen LogP contribution is 2.50. The van der Waals surface area contributed by atoms with E-state index in [2.05, 4.69) is 18.2 Å². The summed E-state index contributed by atoms with van der Waals surface area (Å²) in [5.41, 5.74) is 2.53. The number of methoxy groups -OCH3 is 1. The maximum atomic E-state index is 11.9. The van der Waals surface area contributed by atoms with Gasteiger partial charge in [0, 0.05) is 0 Å². The third kappa shape index (κ3) is 1.38. The Morgan fingerprint density at radius 3 is 2.71 bits per heavy atom. The van der Waals surface area contributed by atoms with E-state index in [0.717, 1.165) is 12.8 Å². The highest BCUT2D eigenvalue weighted by Gasteiger charge is 2.49. The molecule has 2 aliphatic rings. The minimum absolute atomic E-state index is 0.0797. The van der Waals surface area contributed by atoms with Crippen molar-refractivity contribution in [2.45, 2.75) is 37.8 Å². The molecule has 0 radical (unpaired) electrons. The van der Waals surface area contributed by atoms with Crippen LogP contribution in [0.5, 0.6) is 0 Å². The summed E-state index contributed by atoms with van der Waals surface area (Å²) >= 11 is 0. The van der Waals surface area contributed by atoms with Crippen molar-refractivity contribution in [2.75, 3.05) is 7.11 Å². The van der Waals surface area contributed by atoms with Gasteiger partial charge in [0.15, 0.2) is 0 Å². The molecule has 1 amide bonds. The van der Waals surface area contributed by atoms with Crippen molar-refractivity contribution < 1.29 is 9.53 Å². The van der Waals surface area contributed by atoms with Gasteiger partial charge in [-0.1, -0.05) is 37.1 Å². The summed E-state index contributed by atoms with van der Waals surface area (Å²) in [6.45, 7) is 0.697. The van der Waals surface area contributed by atoms with Crippen LogP contribution < -0.4 is 0 Å². The Labute approximate surface area is 101 Å². The summed E-state index contributed by atoms with van der Waals surface area (Å²) in [6.07, 6.45) is 4.34. The minimum atomic E-state index is -0.192. The molecular weight excluding hydrogens is 214 g/mol. The van der Waals surface area contributed by atoms with Crippen LogP contribution in [0.3, 0.4) is 0 Å². The minimum Gasteiger partial charge on any atom is -0.453 e. The third-order valence-electron chi connectivity index (χ3n) is 4.19. The van der Waals surface area contributed by atoms with Crippen molar-refractivity contribution in [3.63, 3.8) is 0 Å². The standard InChI is InChI=1S/C14H17NO2/c1-17-13(16)15-10-11-6-2-3-7-12(11)14(15)8-4-5-9-14/h2-3,6-7H,4-5,8-10H2,1H3. The third-order valence-corrected chi connectivity index (χ3v) is 4.19. The van der Waals surface area contributed by atoms with Crippen molar-refractivity contribution in [1.29, 1.82) is 0 Å². The number of rotatable bonds is 0. The predicted octanol–water partition coefficient (Wildman–Crippen LogP) is 3.04. The van der Waals surface area contributed by atoms with Crippen LogP contribution in [0.2, 0.25) is 0 Å². The van der Waals surface area contributed by atoms with E-state index >= 15 is 0 Å². The number of fused-ring (bicyclic) bond motifs is 2.